The molecule has 0 unspecified atom stereocenters. The van der Waals surface area contributed by atoms with Gasteiger partial charge < -0.3 is 20.2 Å². The van der Waals surface area contributed by atoms with Crippen LogP contribution in [0.25, 0.3) is 27.9 Å². The van der Waals surface area contributed by atoms with Gasteiger partial charge in [0.25, 0.3) is 0 Å². The smallest absolute Gasteiger partial charge is 0.240 e. The van der Waals surface area contributed by atoms with Crippen molar-refractivity contribution < 1.29 is 20.2 Å². The van der Waals surface area contributed by atoms with Crippen molar-refractivity contribution in [2.45, 2.75) is 13.5 Å². The Morgan fingerprint density at radius 3 is 2.55 bits per heavy atom. The molecule has 0 atom stereocenters. The highest BCUT2D eigenvalue weighted by molar-refractivity contribution is 5.96. The maximum absolute atomic E-state index is 5.95. The summed E-state index contributed by atoms with van der Waals surface area (Å²) in [6.07, 6.45) is 1.79. The van der Waals surface area contributed by atoms with Crippen LogP contribution in [0.3, 0.4) is 0 Å². The zero-order chi connectivity index (χ0) is 18.4. The third-order valence-corrected chi connectivity index (χ3v) is 4.09. The number of ether oxygens (including phenoxy) is 1. The van der Waals surface area contributed by atoms with Gasteiger partial charge in [-0.15, -0.1) is 20.4 Å². The van der Waals surface area contributed by atoms with Crippen LogP contribution in [0.2, 0.25) is 0 Å². The summed E-state index contributed by atoms with van der Waals surface area (Å²) >= 11 is 0. The summed E-state index contributed by atoms with van der Waals surface area (Å²) in [5.74, 6) is 1.61. The van der Waals surface area contributed by atoms with E-state index in [4.69, 9.17) is 9.26 Å². The van der Waals surface area contributed by atoms with Crippen LogP contribution in [0.5, 0.6) is 5.88 Å². The zero-order valence-electron chi connectivity index (χ0n) is 15.6. The van der Waals surface area contributed by atoms with Crippen LogP contribution in [0.4, 0.5) is 0 Å². The highest BCUT2D eigenvalue weighted by Crippen LogP contribution is 2.29. The number of aromatic nitrogens is 8. The molecule has 0 aliphatic heterocycles. The standard InChI is InChI=1S/C17H14N8O2.2H2O/c1-10-7-14(22-27-10)16-20-19-15-12-5-3-4-6-13(12)17(21-25(15)16)26-9-11-8-24(2)23-18-11;;/h3-8H,9H2,1-2H3;2*1H2. The van der Waals surface area contributed by atoms with Crippen molar-refractivity contribution >= 4 is 16.4 Å². The predicted molar refractivity (Wildman–Crippen MR) is 101 cm³/mol. The Balaban J connectivity index is 0.00000120. The fraction of sp³-hybridized carbons (Fsp3) is 0.176. The van der Waals surface area contributed by atoms with Crippen LogP contribution in [0.15, 0.2) is 41.1 Å². The largest absolute Gasteiger partial charge is 0.470 e. The molecule has 5 aromatic rings. The van der Waals surface area contributed by atoms with E-state index in [0.29, 0.717) is 34.5 Å². The minimum absolute atomic E-state index is 0. The van der Waals surface area contributed by atoms with E-state index in [0.717, 1.165) is 10.8 Å². The van der Waals surface area contributed by atoms with Crippen LogP contribution in [-0.2, 0) is 13.7 Å². The second-order valence-electron chi connectivity index (χ2n) is 6.10. The normalized spacial score (nSPS) is 10.7. The molecule has 0 radical (unpaired) electrons. The molecule has 4 heterocycles. The fourth-order valence-electron chi connectivity index (χ4n) is 2.89. The van der Waals surface area contributed by atoms with Gasteiger partial charge in [0, 0.05) is 23.9 Å². The molecule has 0 saturated heterocycles. The van der Waals surface area contributed by atoms with E-state index in [-0.39, 0.29) is 17.6 Å². The topological polar surface area (TPSA) is 172 Å². The Morgan fingerprint density at radius 2 is 1.86 bits per heavy atom. The summed E-state index contributed by atoms with van der Waals surface area (Å²) in [6.45, 7) is 2.06. The maximum Gasteiger partial charge on any atom is 0.240 e. The second kappa shape index (κ2) is 7.61. The Hall–Kier alpha value is -3.90. The Morgan fingerprint density at radius 1 is 1.07 bits per heavy atom. The van der Waals surface area contributed by atoms with Crippen molar-refractivity contribution in [3.8, 4) is 17.4 Å². The summed E-state index contributed by atoms with van der Waals surface area (Å²) in [7, 11) is 1.81. The number of rotatable bonds is 4. The second-order valence-corrected chi connectivity index (χ2v) is 6.10. The molecular weight excluding hydrogens is 380 g/mol. The average Bonchev–Trinajstić information content (AvgIpc) is 3.39. The number of nitrogens with zero attached hydrogens (tertiary/aromatic N) is 8. The molecule has 0 saturated carbocycles. The molecule has 0 aliphatic carbocycles. The lowest BCUT2D eigenvalue weighted by molar-refractivity contribution is 0.289. The molecule has 12 heteroatoms. The summed E-state index contributed by atoms with van der Waals surface area (Å²) in [6, 6.07) is 9.53. The van der Waals surface area contributed by atoms with Crippen LogP contribution in [0.1, 0.15) is 11.5 Å². The van der Waals surface area contributed by atoms with Gasteiger partial charge in [0.2, 0.25) is 11.7 Å². The summed E-state index contributed by atoms with van der Waals surface area (Å²) in [4.78, 5) is 0. The number of fused-ring (bicyclic) bond motifs is 3. The molecule has 12 nitrogen and oxygen atoms in total. The molecule has 0 fully saturated rings. The molecule has 0 aliphatic rings. The highest BCUT2D eigenvalue weighted by atomic mass is 16.5. The van der Waals surface area contributed by atoms with Crippen molar-refractivity contribution in [3.05, 3.63) is 48.0 Å². The summed E-state index contributed by atoms with van der Waals surface area (Å²) < 4.78 is 14.3. The van der Waals surface area contributed by atoms with Gasteiger partial charge in [0.05, 0.1) is 6.20 Å². The summed E-state index contributed by atoms with van der Waals surface area (Å²) in [5, 5.41) is 26.8. The van der Waals surface area contributed by atoms with E-state index in [9.17, 15) is 0 Å². The Bertz CT molecular complexity index is 1280. The third-order valence-electron chi connectivity index (χ3n) is 4.09. The molecule has 29 heavy (non-hydrogen) atoms. The zero-order valence-corrected chi connectivity index (χ0v) is 15.6. The quantitative estimate of drug-likeness (QED) is 0.415. The van der Waals surface area contributed by atoms with Crippen molar-refractivity contribution in [1.29, 1.82) is 0 Å². The van der Waals surface area contributed by atoms with Crippen molar-refractivity contribution in [2.24, 2.45) is 7.05 Å². The Labute approximate surface area is 163 Å². The first-order chi connectivity index (χ1) is 13.2. The van der Waals surface area contributed by atoms with E-state index >= 15 is 0 Å². The minimum atomic E-state index is 0. The fourth-order valence-corrected chi connectivity index (χ4v) is 2.89. The van der Waals surface area contributed by atoms with E-state index in [1.807, 2.05) is 31.2 Å². The highest BCUT2D eigenvalue weighted by Gasteiger charge is 2.18. The first-order valence-electron chi connectivity index (χ1n) is 8.25. The molecular formula is C17H18N8O4. The first kappa shape index (κ1) is 19.9. The van der Waals surface area contributed by atoms with Gasteiger partial charge in [-0.05, 0) is 13.0 Å². The SMILES string of the molecule is Cc1cc(-c2nnc3c4ccccc4c(OCc4cn(C)nn4)nn23)no1.O.O. The van der Waals surface area contributed by atoms with Crippen molar-refractivity contribution in [1.82, 2.24) is 40.0 Å². The molecule has 150 valence electrons. The van der Waals surface area contributed by atoms with Crippen LogP contribution in [-0.4, -0.2) is 50.9 Å². The maximum atomic E-state index is 5.95. The first-order valence-corrected chi connectivity index (χ1v) is 8.25. The van der Waals surface area contributed by atoms with Crippen LogP contribution in [0, 0.1) is 6.92 Å². The van der Waals surface area contributed by atoms with Gasteiger partial charge in [0.15, 0.2) is 11.3 Å². The van der Waals surface area contributed by atoms with Gasteiger partial charge in [-0.25, -0.2) is 0 Å². The molecule has 0 bridgehead atoms. The molecule has 4 N–H and O–H groups in total. The monoisotopic (exact) mass is 398 g/mol. The number of hydrogen-bond donors (Lipinski definition) is 0. The molecule has 0 spiro atoms. The van der Waals surface area contributed by atoms with Crippen LogP contribution >= 0.6 is 0 Å². The van der Waals surface area contributed by atoms with E-state index in [2.05, 4.69) is 30.8 Å². The van der Waals surface area contributed by atoms with Crippen molar-refractivity contribution in [3.63, 3.8) is 0 Å². The predicted octanol–water partition coefficient (Wildman–Crippen LogP) is 0.299. The average molecular weight is 398 g/mol. The van der Waals surface area contributed by atoms with Gasteiger partial charge in [-0.2, -0.15) is 4.52 Å². The van der Waals surface area contributed by atoms with Gasteiger partial charge >= 0.3 is 0 Å². The van der Waals surface area contributed by atoms with E-state index < -0.39 is 0 Å². The number of hydrogen-bond acceptors (Lipinski definition) is 8. The lowest BCUT2D eigenvalue weighted by Gasteiger charge is -2.08. The molecule has 4 aromatic heterocycles. The number of benzene rings is 1. The van der Waals surface area contributed by atoms with E-state index in [1.54, 1.807) is 28.5 Å². The van der Waals surface area contributed by atoms with Crippen molar-refractivity contribution in [2.75, 3.05) is 0 Å². The lowest BCUT2D eigenvalue weighted by Crippen LogP contribution is -2.03. The molecule has 5 rings (SSSR count). The van der Waals surface area contributed by atoms with E-state index in [1.165, 1.54) is 0 Å². The van der Waals surface area contributed by atoms with Gasteiger partial charge in [0.1, 0.15) is 18.1 Å². The summed E-state index contributed by atoms with van der Waals surface area (Å²) in [5.41, 5.74) is 1.88. The third kappa shape index (κ3) is 3.37. The van der Waals surface area contributed by atoms with Crippen LogP contribution < -0.4 is 4.74 Å². The van der Waals surface area contributed by atoms with Gasteiger partial charge in [-0.1, -0.05) is 28.6 Å². The molecule has 0 amide bonds. The lowest BCUT2D eigenvalue weighted by atomic mass is 10.2. The Kier molecular flexibility index (Phi) is 5.21. The number of aryl methyl sites for hydroxylation is 2. The minimum Gasteiger partial charge on any atom is -0.470 e. The van der Waals surface area contributed by atoms with Gasteiger partial charge in [-0.3, -0.25) is 4.68 Å². The molecule has 1 aromatic carbocycles.